The molecule has 8 heteroatoms. The monoisotopic (exact) mass is 502 g/mol. The van der Waals surface area contributed by atoms with Crippen molar-refractivity contribution in [2.45, 2.75) is 85.2 Å². The molecule has 0 heterocycles. The van der Waals surface area contributed by atoms with Gasteiger partial charge >= 0.3 is 11.9 Å². The molecule has 4 aliphatic rings. The number of aliphatic hydroxyl groups excluding tert-OH is 2. The van der Waals surface area contributed by atoms with Gasteiger partial charge in [-0.1, -0.05) is 38.5 Å². The van der Waals surface area contributed by atoms with Gasteiger partial charge in [0.15, 0.2) is 5.78 Å². The van der Waals surface area contributed by atoms with Crippen LogP contribution in [0.1, 0.15) is 61.8 Å². The number of ether oxygens (including phenoxy) is 2. The summed E-state index contributed by atoms with van der Waals surface area (Å²) in [4.78, 5) is 39.1. The first-order chi connectivity index (χ1) is 16.5. The zero-order valence-electron chi connectivity index (χ0n) is 22.3. The number of rotatable bonds is 4. The Morgan fingerprint density at radius 2 is 1.72 bits per heavy atom. The second-order valence-corrected chi connectivity index (χ2v) is 12.0. The van der Waals surface area contributed by atoms with Crippen molar-refractivity contribution < 1.29 is 39.2 Å². The third-order valence-corrected chi connectivity index (χ3v) is 9.62. The third-order valence-electron chi connectivity index (χ3n) is 9.62. The fourth-order valence-electron chi connectivity index (χ4n) is 7.44. The van der Waals surface area contributed by atoms with E-state index < -0.39 is 63.9 Å². The Kier molecular flexibility index (Phi) is 6.02. The van der Waals surface area contributed by atoms with Gasteiger partial charge in [0.1, 0.15) is 30.0 Å². The van der Waals surface area contributed by atoms with Crippen molar-refractivity contribution in [2.24, 2.45) is 28.6 Å². The van der Waals surface area contributed by atoms with E-state index in [1.54, 1.807) is 46.8 Å². The minimum absolute atomic E-state index is 0.142. The van der Waals surface area contributed by atoms with E-state index >= 15 is 0 Å². The summed E-state index contributed by atoms with van der Waals surface area (Å²) in [5.74, 6) is -3.18. The summed E-state index contributed by atoms with van der Waals surface area (Å²) in [7, 11) is 0. The van der Waals surface area contributed by atoms with Crippen molar-refractivity contribution in [1.29, 1.82) is 0 Å². The van der Waals surface area contributed by atoms with Crippen LogP contribution in [0.25, 0.3) is 0 Å². The molecule has 0 amide bonds. The van der Waals surface area contributed by atoms with Crippen LogP contribution in [0.15, 0.2) is 34.4 Å². The molecule has 0 unspecified atom stereocenters. The average Bonchev–Trinajstić information content (AvgIpc) is 3.19. The highest BCUT2D eigenvalue weighted by Crippen LogP contribution is 2.75. The molecule has 2 bridgehead atoms. The molecule has 4 rings (SSSR count). The molecule has 2 fully saturated rings. The van der Waals surface area contributed by atoms with Crippen LogP contribution >= 0.6 is 0 Å². The Morgan fingerprint density at radius 1 is 1.11 bits per heavy atom. The Balaban J connectivity index is 1.89. The van der Waals surface area contributed by atoms with Crippen molar-refractivity contribution in [3.8, 4) is 0 Å². The molecule has 198 valence electrons. The number of allylic oxidation sites excluding steroid dienone is 2. The Labute approximate surface area is 212 Å². The Bertz CT molecular complexity index is 1120. The van der Waals surface area contributed by atoms with Crippen molar-refractivity contribution >= 4 is 17.7 Å². The zero-order chi connectivity index (χ0) is 27.2. The van der Waals surface area contributed by atoms with E-state index in [1.165, 1.54) is 6.92 Å². The molecule has 2 saturated carbocycles. The number of Topliss-reactive ketones (excluding diaryl/α,β-unsaturated/α-hetero) is 1. The van der Waals surface area contributed by atoms with E-state index in [2.05, 4.69) is 0 Å². The van der Waals surface area contributed by atoms with E-state index in [9.17, 15) is 29.7 Å². The van der Waals surface area contributed by atoms with Gasteiger partial charge in [-0.15, -0.1) is 0 Å². The van der Waals surface area contributed by atoms with Crippen LogP contribution in [0.5, 0.6) is 0 Å². The van der Waals surface area contributed by atoms with Gasteiger partial charge in [0.2, 0.25) is 0 Å². The standard InChI is InChI=1S/C28H38O8/c1-13(2)16(5)24(33)35-12-18-9-19-20-25(7,8)27(20,36-17(6)29)11-15(4)26(23(19)32)10-14(3)21(30)28(26,34)22(18)31/h9-10,15,19-22,30-31,34H,11-12H2,1-8H3/t15-,19+,20-,21+,22-,26+,27+,28-/m1/s1. The molecule has 0 saturated heterocycles. The number of hydrogen-bond acceptors (Lipinski definition) is 8. The molecular weight excluding hydrogens is 464 g/mol. The van der Waals surface area contributed by atoms with Crippen LogP contribution in [0, 0.1) is 28.6 Å². The first-order valence-corrected chi connectivity index (χ1v) is 12.5. The smallest absolute Gasteiger partial charge is 0.333 e. The largest absolute Gasteiger partial charge is 0.458 e. The van der Waals surface area contributed by atoms with E-state index in [0.29, 0.717) is 11.1 Å². The molecule has 0 radical (unpaired) electrons. The minimum Gasteiger partial charge on any atom is -0.458 e. The Morgan fingerprint density at radius 3 is 2.28 bits per heavy atom. The molecule has 0 aromatic heterocycles. The second kappa shape index (κ2) is 8.10. The number of carbonyl (C=O) groups excluding carboxylic acids is 3. The van der Waals surface area contributed by atoms with Crippen LogP contribution in [0.3, 0.4) is 0 Å². The van der Waals surface area contributed by atoms with Gasteiger partial charge in [0.25, 0.3) is 0 Å². The lowest BCUT2D eigenvalue weighted by atomic mass is 9.59. The number of ketones is 1. The molecule has 8 nitrogen and oxygen atoms in total. The first kappa shape index (κ1) is 26.8. The van der Waals surface area contributed by atoms with E-state index in [1.807, 2.05) is 13.8 Å². The van der Waals surface area contributed by atoms with Crippen LogP contribution in [-0.2, 0) is 23.9 Å². The molecule has 0 aliphatic heterocycles. The van der Waals surface area contributed by atoms with Gasteiger partial charge in [0.05, 0.1) is 5.41 Å². The maximum atomic E-state index is 14.4. The molecule has 8 atom stereocenters. The van der Waals surface area contributed by atoms with Gasteiger partial charge in [-0.2, -0.15) is 0 Å². The van der Waals surface area contributed by atoms with Crippen LogP contribution < -0.4 is 0 Å². The number of aliphatic hydroxyl groups is 3. The van der Waals surface area contributed by atoms with Crippen LogP contribution in [0.2, 0.25) is 0 Å². The van der Waals surface area contributed by atoms with Crippen molar-refractivity contribution in [3.05, 3.63) is 34.4 Å². The fraction of sp³-hybridized carbons (Fsp3) is 0.679. The molecule has 0 aromatic carbocycles. The van der Waals surface area contributed by atoms with Gasteiger partial charge in [-0.3, -0.25) is 9.59 Å². The fourth-order valence-corrected chi connectivity index (χ4v) is 7.44. The van der Waals surface area contributed by atoms with E-state index in [0.717, 1.165) is 5.57 Å². The number of hydrogen-bond donors (Lipinski definition) is 3. The zero-order valence-corrected chi connectivity index (χ0v) is 22.3. The van der Waals surface area contributed by atoms with Crippen molar-refractivity contribution in [1.82, 2.24) is 0 Å². The lowest BCUT2D eigenvalue weighted by Crippen LogP contribution is -2.65. The maximum Gasteiger partial charge on any atom is 0.333 e. The summed E-state index contributed by atoms with van der Waals surface area (Å²) < 4.78 is 11.4. The topological polar surface area (TPSA) is 130 Å². The lowest BCUT2D eigenvalue weighted by molar-refractivity contribution is -0.192. The molecule has 1 spiro atoms. The minimum atomic E-state index is -2.27. The molecular formula is C28H38O8. The number of fused-ring (bicyclic) bond motifs is 3. The molecule has 3 N–H and O–H groups in total. The van der Waals surface area contributed by atoms with Gasteiger partial charge in [-0.05, 0) is 51.2 Å². The highest BCUT2D eigenvalue weighted by atomic mass is 16.6. The normalized spacial score (nSPS) is 42.1. The summed E-state index contributed by atoms with van der Waals surface area (Å²) >= 11 is 0. The molecule has 36 heavy (non-hydrogen) atoms. The predicted molar refractivity (Wildman–Crippen MR) is 130 cm³/mol. The van der Waals surface area contributed by atoms with Crippen molar-refractivity contribution in [3.63, 3.8) is 0 Å². The number of esters is 2. The first-order valence-electron chi connectivity index (χ1n) is 12.5. The van der Waals surface area contributed by atoms with Gasteiger partial charge in [0, 0.05) is 29.7 Å². The summed E-state index contributed by atoms with van der Waals surface area (Å²) in [6.07, 6.45) is 0.275. The Hall–Kier alpha value is -2.29. The van der Waals surface area contributed by atoms with Gasteiger partial charge in [-0.25, -0.2) is 4.79 Å². The number of carbonyl (C=O) groups is 3. The summed E-state index contributed by atoms with van der Waals surface area (Å²) in [6, 6.07) is 0. The highest BCUT2D eigenvalue weighted by molar-refractivity contribution is 5.96. The highest BCUT2D eigenvalue weighted by Gasteiger charge is 2.83. The average molecular weight is 503 g/mol. The second-order valence-electron chi connectivity index (χ2n) is 12.0. The third kappa shape index (κ3) is 3.13. The summed E-state index contributed by atoms with van der Waals surface area (Å²) in [5, 5.41) is 34.9. The van der Waals surface area contributed by atoms with Crippen molar-refractivity contribution in [2.75, 3.05) is 6.61 Å². The summed E-state index contributed by atoms with van der Waals surface area (Å²) in [6.45, 7) is 13.5. The van der Waals surface area contributed by atoms with E-state index in [-0.39, 0.29) is 24.4 Å². The van der Waals surface area contributed by atoms with Crippen LogP contribution in [0.4, 0.5) is 0 Å². The molecule has 4 aliphatic carbocycles. The quantitative estimate of drug-likeness (QED) is 0.304. The SMILES string of the molecule is CC(=O)O[C@@]12C[C@@H](C)[C@]34C=C(C)[C@H](O)[C@@]3(O)[C@H](O)C(COC(=O)C(C)=C(C)C)=C[C@H](C4=O)[C@@H]1C2(C)C. The molecule has 0 aromatic rings. The predicted octanol–water partition coefficient (Wildman–Crippen LogP) is 2.41. The lowest BCUT2D eigenvalue weighted by Gasteiger charge is -2.48. The summed E-state index contributed by atoms with van der Waals surface area (Å²) in [5.41, 5.74) is -3.66. The van der Waals surface area contributed by atoms with Crippen LogP contribution in [-0.4, -0.2) is 63.1 Å². The maximum absolute atomic E-state index is 14.4. The van der Waals surface area contributed by atoms with Gasteiger partial charge < -0.3 is 24.8 Å². The van der Waals surface area contributed by atoms with E-state index in [4.69, 9.17) is 9.47 Å².